The number of halogens is 1. The van der Waals surface area contributed by atoms with Crippen LogP contribution in [-0.2, 0) is 21.3 Å². The lowest BCUT2D eigenvalue weighted by molar-refractivity contribution is 0.204. The van der Waals surface area contributed by atoms with Crippen molar-refractivity contribution < 1.29 is 13.2 Å². The van der Waals surface area contributed by atoms with Crippen molar-refractivity contribution >= 4 is 40.0 Å². The highest BCUT2D eigenvalue weighted by Gasteiger charge is 2.14. The van der Waals surface area contributed by atoms with Gasteiger partial charge in [-0.2, -0.15) is 0 Å². The fraction of sp³-hybridized carbons (Fsp3) is 0.667. The molecule has 1 aliphatic rings. The van der Waals surface area contributed by atoms with E-state index in [-0.39, 0.29) is 35.4 Å². The number of guanidine groups is 1. The third-order valence-electron chi connectivity index (χ3n) is 5.32. The van der Waals surface area contributed by atoms with Gasteiger partial charge in [0, 0.05) is 33.8 Å². The van der Waals surface area contributed by atoms with E-state index in [2.05, 4.69) is 20.3 Å². The predicted octanol–water partition coefficient (Wildman–Crippen LogP) is 3.25. The number of benzene rings is 1. The Balaban J connectivity index is 0.00000450. The molecule has 0 heterocycles. The monoisotopic (exact) mass is 552 g/mol. The molecule has 0 saturated heterocycles. The van der Waals surface area contributed by atoms with Gasteiger partial charge in [0.25, 0.3) is 0 Å². The Hall–Kier alpha value is -0.910. The number of ether oxygens (including phenoxy) is 1. The van der Waals surface area contributed by atoms with Crippen LogP contribution in [0.1, 0.15) is 50.5 Å². The van der Waals surface area contributed by atoms with Crippen molar-refractivity contribution in [2.24, 2.45) is 10.9 Å². The van der Waals surface area contributed by atoms with E-state index in [4.69, 9.17) is 4.74 Å². The number of nitrogens with one attached hydrogen (secondary N) is 3. The molecule has 0 spiro atoms. The van der Waals surface area contributed by atoms with Gasteiger partial charge in [-0.15, -0.1) is 24.0 Å². The third kappa shape index (κ3) is 9.93. The van der Waals surface area contributed by atoms with E-state index >= 15 is 0 Å². The lowest BCUT2D eigenvalue weighted by atomic mass is 10.0. The molecule has 7 nitrogen and oxygen atoms in total. The minimum Gasteiger partial charge on any atom is -0.383 e. The van der Waals surface area contributed by atoms with Crippen LogP contribution < -0.4 is 15.4 Å². The summed E-state index contributed by atoms with van der Waals surface area (Å²) < 4.78 is 31.7. The van der Waals surface area contributed by atoms with Gasteiger partial charge in [-0.05, 0) is 30.0 Å². The van der Waals surface area contributed by atoms with Crippen LogP contribution in [0.25, 0.3) is 0 Å². The largest absolute Gasteiger partial charge is 0.383 e. The highest BCUT2D eigenvalue weighted by molar-refractivity contribution is 14.0. The summed E-state index contributed by atoms with van der Waals surface area (Å²) in [6.45, 7) is 2.09. The number of aliphatic imine (C=N–C) groups is 1. The molecule has 1 fully saturated rings. The zero-order chi connectivity index (χ0) is 21.0. The van der Waals surface area contributed by atoms with Gasteiger partial charge in [0.05, 0.1) is 11.5 Å². The van der Waals surface area contributed by atoms with Crippen molar-refractivity contribution in [3.05, 3.63) is 29.8 Å². The van der Waals surface area contributed by atoms with Gasteiger partial charge in [0.1, 0.15) is 0 Å². The first-order valence-electron chi connectivity index (χ1n) is 10.6. The molecule has 1 saturated carbocycles. The normalized spacial score (nSPS) is 15.1. The van der Waals surface area contributed by atoms with E-state index in [9.17, 15) is 8.42 Å². The minimum absolute atomic E-state index is 0. The maximum atomic E-state index is 12.2. The highest BCUT2D eigenvalue weighted by atomic mass is 127. The lowest BCUT2D eigenvalue weighted by Crippen LogP contribution is -2.37. The van der Waals surface area contributed by atoms with Crippen molar-refractivity contribution in [2.75, 3.05) is 33.9 Å². The Morgan fingerprint density at radius 2 is 1.80 bits per heavy atom. The summed E-state index contributed by atoms with van der Waals surface area (Å²) in [5, 5.41) is 6.63. The van der Waals surface area contributed by atoms with Crippen LogP contribution in [0.4, 0.5) is 0 Å². The maximum absolute atomic E-state index is 12.2. The molecule has 0 amide bonds. The van der Waals surface area contributed by atoms with Crippen molar-refractivity contribution in [1.29, 1.82) is 0 Å². The summed E-state index contributed by atoms with van der Waals surface area (Å²) >= 11 is 0. The second-order valence-electron chi connectivity index (χ2n) is 7.53. The Bertz CT molecular complexity index is 720. The second kappa shape index (κ2) is 15.0. The molecule has 1 aromatic carbocycles. The van der Waals surface area contributed by atoms with Crippen LogP contribution >= 0.6 is 24.0 Å². The Morgan fingerprint density at radius 3 is 2.43 bits per heavy atom. The molecular weight excluding hydrogens is 515 g/mol. The number of unbranched alkanes of at least 4 members (excludes halogenated alkanes) is 1. The molecule has 172 valence electrons. The standard InChI is InChI=1S/C21H36N4O3S.HI/c1-22-21(23-14-6-5-9-18-7-3-4-8-18)24-17-19-10-12-20(13-11-19)29(26,27)25-15-16-28-2;/h10-13,18,25H,3-9,14-17H2,1-2H3,(H2,22,23,24);1H. The summed E-state index contributed by atoms with van der Waals surface area (Å²) in [6.07, 6.45) is 9.43. The van der Waals surface area contributed by atoms with Crippen molar-refractivity contribution in [2.45, 2.75) is 56.4 Å². The summed E-state index contributed by atoms with van der Waals surface area (Å²) in [5.41, 5.74) is 0.991. The van der Waals surface area contributed by atoms with Crippen LogP contribution in [0.15, 0.2) is 34.2 Å². The zero-order valence-corrected chi connectivity index (χ0v) is 21.3. The van der Waals surface area contributed by atoms with E-state index < -0.39 is 10.0 Å². The first-order chi connectivity index (χ1) is 14.0. The smallest absolute Gasteiger partial charge is 0.240 e. The van der Waals surface area contributed by atoms with Crippen molar-refractivity contribution in [3.63, 3.8) is 0 Å². The van der Waals surface area contributed by atoms with Crippen LogP contribution in [-0.4, -0.2) is 48.2 Å². The van der Waals surface area contributed by atoms with Crippen LogP contribution in [0.2, 0.25) is 0 Å². The summed E-state index contributed by atoms with van der Waals surface area (Å²) in [7, 11) is -0.199. The molecule has 2 rings (SSSR count). The van der Waals surface area contributed by atoms with E-state index in [0.29, 0.717) is 13.2 Å². The van der Waals surface area contributed by atoms with Crippen LogP contribution in [0, 0.1) is 5.92 Å². The predicted molar refractivity (Wildman–Crippen MR) is 133 cm³/mol. The van der Waals surface area contributed by atoms with Gasteiger partial charge in [0.15, 0.2) is 5.96 Å². The topological polar surface area (TPSA) is 91.8 Å². The number of rotatable bonds is 12. The van der Waals surface area contributed by atoms with Gasteiger partial charge >= 0.3 is 0 Å². The molecule has 0 radical (unpaired) electrons. The third-order valence-corrected chi connectivity index (χ3v) is 6.80. The van der Waals surface area contributed by atoms with Crippen molar-refractivity contribution in [1.82, 2.24) is 15.4 Å². The molecule has 3 N–H and O–H groups in total. The number of nitrogens with zero attached hydrogens (tertiary/aromatic N) is 1. The first-order valence-corrected chi connectivity index (χ1v) is 12.1. The average Bonchev–Trinajstić information content (AvgIpc) is 3.24. The van der Waals surface area contributed by atoms with Crippen LogP contribution in [0.3, 0.4) is 0 Å². The summed E-state index contributed by atoms with van der Waals surface area (Å²) in [5.74, 6) is 1.72. The second-order valence-corrected chi connectivity index (χ2v) is 9.30. The Morgan fingerprint density at radius 1 is 1.10 bits per heavy atom. The zero-order valence-electron chi connectivity index (χ0n) is 18.2. The average molecular weight is 553 g/mol. The summed E-state index contributed by atoms with van der Waals surface area (Å²) in [6, 6.07) is 6.86. The molecule has 0 bridgehead atoms. The molecule has 0 aromatic heterocycles. The highest BCUT2D eigenvalue weighted by Crippen LogP contribution is 2.28. The molecule has 1 aliphatic carbocycles. The van der Waals surface area contributed by atoms with Gasteiger partial charge in [-0.3, -0.25) is 4.99 Å². The fourth-order valence-corrected chi connectivity index (χ4v) is 4.63. The molecule has 30 heavy (non-hydrogen) atoms. The van der Waals surface area contributed by atoms with E-state index in [1.54, 1.807) is 19.2 Å². The molecule has 1 aromatic rings. The SMILES string of the molecule is CN=C(NCCCCC1CCCC1)NCc1ccc(S(=O)(=O)NCCOC)cc1.I. The van der Waals surface area contributed by atoms with E-state index in [1.807, 2.05) is 12.1 Å². The number of methoxy groups -OCH3 is 1. The molecule has 0 atom stereocenters. The molecular formula is C21H37IN4O3S. The molecule has 0 unspecified atom stereocenters. The van der Waals surface area contributed by atoms with Gasteiger partial charge < -0.3 is 15.4 Å². The van der Waals surface area contributed by atoms with E-state index in [0.717, 1.165) is 30.4 Å². The van der Waals surface area contributed by atoms with Gasteiger partial charge in [0.2, 0.25) is 10.0 Å². The van der Waals surface area contributed by atoms with E-state index in [1.165, 1.54) is 45.6 Å². The molecule has 9 heteroatoms. The van der Waals surface area contributed by atoms with Gasteiger partial charge in [-0.1, -0.05) is 50.7 Å². The first kappa shape index (κ1) is 27.1. The van der Waals surface area contributed by atoms with Crippen LogP contribution in [0.5, 0.6) is 0 Å². The molecule has 0 aliphatic heterocycles. The lowest BCUT2D eigenvalue weighted by Gasteiger charge is -2.13. The maximum Gasteiger partial charge on any atom is 0.240 e. The quantitative estimate of drug-likeness (QED) is 0.160. The Labute approximate surface area is 198 Å². The number of hydrogen-bond donors (Lipinski definition) is 3. The van der Waals surface area contributed by atoms with Gasteiger partial charge in [-0.25, -0.2) is 13.1 Å². The Kier molecular flexibility index (Phi) is 13.5. The minimum atomic E-state index is -3.50. The summed E-state index contributed by atoms with van der Waals surface area (Å²) in [4.78, 5) is 4.51. The van der Waals surface area contributed by atoms with Crippen molar-refractivity contribution in [3.8, 4) is 0 Å². The fourth-order valence-electron chi connectivity index (χ4n) is 3.62. The number of sulfonamides is 1. The number of hydrogen-bond acceptors (Lipinski definition) is 4.